The molecule has 1 aliphatic heterocycles. The van der Waals surface area contributed by atoms with Gasteiger partial charge in [-0.2, -0.15) is 0 Å². The fraction of sp³-hybridized carbons (Fsp3) is 0.600. The highest BCUT2D eigenvalue weighted by atomic mass is 32.1. The van der Waals surface area contributed by atoms with E-state index in [1.807, 2.05) is 0 Å². The van der Waals surface area contributed by atoms with Gasteiger partial charge in [-0.15, -0.1) is 0 Å². The molecule has 0 atom stereocenters. The summed E-state index contributed by atoms with van der Waals surface area (Å²) in [6.07, 6.45) is 5.95. The summed E-state index contributed by atoms with van der Waals surface area (Å²) < 4.78 is 5.14. The van der Waals surface area contributed by atoms with Crippen LogP contribution in [-0.2, 0) is 0 Å². The highest BCUT2D eigenvalue weighted by Gasteiger charge is 2.17. The first-order valence-electron chi connectivity index (χ1n) is 5.22. The molecule has 82 valence electrons. The largest absolute Gasteiger partial charge is 0.417 e. The molecule has 2 heterocycles. The predicted molar refractivity (Wildman–Crippen MR) is 58.2 cm³/mol. The average molecular weight is 226 g/mol. The van der Waals surface area contributed by atoms with E-state index in [1.165, 1.54) is 24.2 Å². The Bertz CT molecular complexity index is 305. The molecule has 1 aliphatic rings. The lowest BCUT2D eigenvalue weighted by Crippen LogP contribution is -2.34. The van der Waals surface area contributed by atoms with Crippen LogP contribution >= 0.6 is 11.3 Å². The molecule has 2 rings (SSSR count). The van der Waals surface area contributed by atoms with Crippen LogP contribution in [0, 0.1) is 0 Å². The first-order chi connectivity index (χ1) is 7.36. The zero-order valence-electron chi connectivity index (χ0n) is 8.52. The Kier molecular flexibility index (Phi) is 3.55. The van der Waals surface area contributed by atoms with E-state index in [1.54, 1.807) is 16.5 Å². The Morgan fingerprint density at radius 3 is 2.67 bits per heavy atom. The summed E-state index contributed by atoms with van der Waals surface area (Å²) in [6, 6.07) is 0. The molecule has 0 spiro atoms. The van der Waals surface area contributed by atoms with Gasteiger partial charge in [0.05, 0.1) is 0 Å². The number of nitrogens with zero attached hydrogens (tertiary/aromatic N) is 2. The van der Waals surface area contributed by atoms with E-state index in [0.717, 1.165) is 25.9 Å². The van der Waals surface area contributed by atoms with E-state index in [-0.39, 0.29) is 6.09 Å². The number of hydrogen-bond acceptors (Lipinski definition) is 4. The van der Waals surface area contributed by atoms with Crippen molar-refractivity contribution >= 4 is 17.4 Å². The zero-order valence-corrected chi connectivity index (χ0v) is 9.33. The van der Waals surface area contributed by atoms with Gasteiger partial charge in [-0.05, 0) is 12.8 Å². The fourth-order valence-corrected chi connectivity index (χ4v) is 2.13. The van der Waals surface area contributed by atoms with Crippen molar-refractivity contribution in [2.75, 3.05) is 13.1 Å². The van der Waals surface area contributed by atoms with Gasteiger partial charge >= 0.3 is 6.09 Å². The molecule has 0 saturated carbocycles. The minimum Gasteiger partial charge on any atom is -0.381 e. The van der Waals surface area contributed by atoms with Crippen LogP contribution in [0.1, 0.15) is 25.7 Å². The van der Waals surface area contributed by atoms with E-state index in [9.17, 15) is 4.79 Å². The van der Waals surface area contributed by atoms with E-state index in [4.69, 9.17) is 4.74 Å². The van der Waals surface area contributed by atoms with Gasteiger partial charge in [-0.25, -0.2) is 9.78 Å². The van der Waals surface area contributed by atoms with Crippen molar-refractivity contribution < 1.29 is 9.53 Å². The molecule has 4 nitrogen and oxygen atoms in total. The van der Waals surface area contributed by atoms with Crippen LogP contribution in [0.4, 0.5) is 4.79 Å². The van der Waals surface area contributed by atoms with E-state index < -0.39 is 0 Å². The molecule has 5 heteroatoms. The van der Waals surface area contributed by atoms with Crippen LogP contribution in [-0.4, -0.2) is 29.1 Å². The number of carbonyl (C=O) groups is 1. The summed E-state index contributed by atoms with van der Waals surface area (Å²) >= 11 is 1.34. The van der Waals surface area contributed by atoms with Gasteiger partial charge < -0.3 is 9.64 Å². The van der Waals surface area contributed by atoms with E-state index in [2.05, 4.69) is 4.98 Å². The zero-order chi connectivity index (χ0) is 10.5. The molecule has 0 aliphatic carbocycles. The van der Waals surface area contributed by atoms with Crippen LogP contribution in [0.2, 0.25) is 0 Å². The smallest absolute Gasteiger partial charge is 0.381 e. The molecular weight excluding hydrogens is 212 g/mol. The quantitative estimate of drug-likeness (QED) is 0.739. The monoisotopic (exact) mass is 226 g/mol. The molecule has 0 N–H and O–H groups in total. The lowest BCUT2D eigenvalue weighted by Gasteiger charge is -2.18. The number of ether oxygens (including phenoxy) is 1. The number of thiazole rings is 1. The lowest BCUT2D eigenvalue weighted by molar-refractivity contribution is 0.154. The summed E-state index contributed by atoms with van der Waals surface area (Å²) in [4.78, 5) is 17.4. The van der Waals surface area contributed by atoms with Crippen molar-refractivity contribution in [1.82, 2.24) is 9.88 Å². The van der Waals surface area contributed by atoms with Gasteiger partial charge in [0.15, 0.2) is 0 Å². The average Bonchev–Trinajstić information content (AvgIpc) is 2.58. The second-order valence-corrected chi connectivity index (χ2v) is 4.42. The van der Waals surface area contributed by atoms with Crippen molar-refractivity contribution in [2.24, 2.45) is 0 Å². The standard InChI is InChI=1S/C10H14N2O2S/c13-10(14-9-11-5-8-15-9)12-6-3-1-2-4-7-12/h5,8H,1-4,6-7H2. The Morgan fingerprint density at radius 1 is 1.33 bits per heavy atom. The fourth-order valence-electron chi connectivity index (χ4n) is 1.65. The normalized spacial score (nSPS) is 17.2. The molecule has 0 aromatic carbocycles. The van der Waals surface area contributed by atoms with Gasteiger partial charge in [0.2, 0.25) is 0 Å². The van der Waals surface area contributed by atoms with Crippen molar-refractivity contribution in [3.8, 4) is 5.19 Å². The molecule has 15 heavy (non-hydrogen) atoms. The molecule has 0 radical (unpaired) electrons. The van der Waals surface area contributed by atoms with Gasteiger partial charge in [0, 0.05) is 24.7 Å². The third-order valence-electron chi connectivity index (χ3n) is 2.45. The predicted octanol–water partition coefficient (Wildman–Crippen LogP) is 2.52. The summed E-state index contributed by atoms with van der Waals surface area (Å²) in [7, 11) is 0. The van der Waals surface area contributed by atoms with Gasteiger partial charge in [0.25, 0.3) is 5.19 Å². The van der Waals surface area contributed by atoms with Crippen LogP contribution in [0.5, 0.6) is 5.19 Å². The molecule has 1 saturated heterocycles. The molecule has 0 unspecified atom stereocenters. The van der Waals surface area contributed by atoms with Crippen molar-refractivity contribution in [3.05, 3.63) is 11.6 Å². The minimum absolute atomic E-state index is 0.258. The highest BCUT2D eigenvalue weighted by Crippen LogP contribution is 2.16. The number of likely N-dealkylation sites (tertiary alicyclic amines) is 1. The van der Waals surface area contributed by atoms with Crippen LogP contribution < -0.4 is 4.74 Å². The van der Waals surface area contributed by atoms with Crippen LogP contribution in [0.3, 0.4) is 0 Å². The maximum absolute atomic E-state index is 11.7. The van der Waals surface area contributed by atoms with Gasteiger partial charge in [0.1, 0.15) is 0 Å². The second kappa shape index (κ2) is 5.11. The summed E-state index contributed by atoms with van der Waals surface area (Å²) in [5, 5.41) is 2.23. The molecule has 0 bridgehead atoms. The first kappa shape index (κ1) is 10.4. The molecular formula is C10H14N2O2S. The van der Waals surface area contributed by atoms with E-state index >= 15 is 0 Å². The number of rotatable bonds is 1. The second-order valence-electron chi connectivity index (χ2n) is 3.57. The van der Waals surface area contributed by atoms with Crippen LogP contribution in [0.15, 0.2) is 11.6 Å². The van der Waals surface area contributed by atoms with Gasteiger partial charge in [-0.3, -0.25) is 0 Å². The third-order valence-corrected chi connectivity index (χ3v) is 3.10. The Hall–Kier alpha value is -1.10. The number of aromatic nitrogens is 1. The van der Waals surface area contributed by atoms with Gasteiger partial charge in [-0.1, -0.05) is 24.2 Å². The number of amides is 1. The molecule has 1 aromatic heterocycles. The van der Waals surface area contributed by atoms with Crippen molar-refractivity contribution in [2.45, 2.75) is 25.7 Å². The number of hydrogen-bond donors (Lipinski definition) is 0. The Balaban J connectivity index is 1.89. The summed E-state index contributed by atoms with van der Waals surface area (Å²) in [6.45, 7) is 1.62. The summed E-state index contributed by atoms with van der Waals surface area (Å²) in [5.41, 5.74) is 0. The maximum atomic E-state index is 11.7. The highest BCUT2D eigenvalue weighted by molar-refractivity contribution is 7.11. The minimum atomic E-state index is -0.258. The van der Waals surface area contributed by atoms with Crippen molar-refractivity contribution in [1.29, 1.82) is 0 Å². The first-order valence-corrected chi connectivity index (χ1v) is 6.10. The summed E-state index contributed by atoms with van der Waals surface area (Å²) in [5.74, 6) is 0. The number of carbonyl (C=O) groups excluding carboxylic acids is 1. The Labute approximate surface area is 92.9 Å². The van der Waals surface area contributed by atoms with Crippen LogP contribution in [0.25, 0.3) is 0 Å². The van der Waals surface area contributed by atoms with Crippen molar-refractivity contribution in [3.63, 3.8) is 0 Å². The molecule has 1 fully saturated rings. The Morgan fingerprint density at radius 2 is 2.07 bits per heavy atom. The SMILES string of the molecule is O=C(Oc1nccs1)N1CCCCCC1. The topological polar surface area (TPSA) is 42.4 Å². The van der Waals surface area contributed by atoms with E-state index in [0.29, 0.717) is 5.19 Å². The molecule has 1 aromatic rings. The maximum Gasteiger partial charge on any atom is 0.417 e. The third kappa shape index (κ3) is 2.92. The molecule has 1 amide bonds. The lowest BCUT2D eigenvalue weighted by atomic mass is 10.2.